The van der Waals surface area contributed by atoms with E-state index in [0.717, 1.165) is 30.1 Å². The van der Waals surface area contributed by atoms with Crippen molar-refractivity contribution in [3.8, 4) is 11.5 Å². The molecule has 1 atom stereocenters. The molecule has 21 heavy (non-hydrogen) atoms. The van der Waals surface area contributed by atoms with Crippen molar-refractivity contribution in [2.24, 2.45) is 0 Å². The molecule has 0 spiro atoms. The molecule has 1 unspecified atom stereocenters. The fourth-order valence-corrected chi connectivity index (χ4v) is 3.93. The molecule has 0 aromatic heterocycles. The lowest BCUT2D eigenvalue weighted by Gasteiger charge is -2.10. The van der Waals surface area contributed by atoms with Crippen LogP contribution in [0, 0.1) is 0 Å². The molecule has 0 radical (unpaired) electrons. The number of hydrogen-bond acceptors (Lipinski definition) is 4. The summed E-state index contributed by atoms with van der Waals surface area (Å²) in [7, 11) is 0. The molecule has 0 saturated carbocycles. The summed E-state index contributed by atoms with van der Waals surface area (Å²) in [5.41, 5.74) is 2.57. The molecule has 4 rings (SSSR count). The largest absolute Gasteiger partial charge is 0.454 e. The average molecular weight is 300 g/mol. The maximum atomic E-state index is 5.88. The summed E-state index contributed by atoms with van der Waals surface area (Å²) < 4.78 is 16.6. The van der Waals surface area contributed by atoms with Gasteiger partial charge in [0, 0.05) is 10.1 Å². The monoisotopic (exact) mass is 300 g/mol. The van der Waals surface area contributed by atoms with Crippen molar-refractivity contribution in [1.82, 2.24) is 0 Å². The summed E-state index contributed by atoms with van der Waals surface area (Å²) in [6.45, 7) is 1.70. The van der Waals surface area contributed by atoms with Gasteiger partial charge in [-0.2, -0.15) is 0 Å². The molecule has 2 aromatic rings. The molecule has 2 aliphatic heterocycles. The van der Waals surface area contributed by atoms with Gasteiger partial charge >= 0.3 is 0 Å². The zero-order valence-electron chi connectivity index (χ0n) is 11.6. The first-order valence-corrected chi connectivity index (χ1v) is 7.97. The van der Waals surface area contributed by atoms with Crippen LogP contribution in [0.25, 0.3) is 0 Å². The van der Waals surface area contributed by atoms with Crippen LogP contribution in [0.2, 0.25) is 0 Å². The Morgan fingerprint density at radius 1 is 1.10 bits per heavy atom. The van der Waals surface area contributed by atoms with E-state index in [4.69, 9.17) is 14.2 Å². The van der Waals surface area contributed by atoms with Crippen LogP contribution in [0.15, 0.2) is 47.4 Å². The van der Waals surface area contributed by atoms with Gasteiger partial charge in [-0.25, -0.2) is 0 Å². The third-order valence-corrected chi connectivity index (χ3v) is 5.01. The third-order valence-electron chi connectivity index (χ3n) is 3.72. The van der Waals surface area contributed by atoms with Gasteiger partial charge in [0.05, 0.1) is 13.2 Å². The molecule has 0 saturated heterocycles. The number of rotatable bonds is 4. The molecule has 0 aliphatic carbocycles. The Balaban J connectivity index is 1.31. The highest BCUT2D eigenvalue weighted by atomic mass is 32.2. The standard InChI is InChI=1S/C17H16O3S/c1-2-4-17-13(3-1)8-14(21-17)10-18-9-12-5-6-15-16(7-12)20-11-19-15/h1-7,14H,8-11H2. The molecular weight excluding hydrogens is 284 g/mol. The molecule has 2 aliphatic rings. The third kappa shape index (κ3) is 2.74. The Morgan fingerprint density at radius 3 is 2.95 bits per heavy atom. The lowest BCUT2D eigenvalue weighted by atomic mass is 10.1. The van der Waals surface area contributed by atoms with Crippen molar-refractivity contribution in [3.05, 3.63) is 53.6 Å². The van der Waals surface area contributed by atoms with Gasteiger partial charge in [0.2, 0.25) is 6.79 Å². The number of thioether (sulfide) groups is 1. The van der Waals surface area contributed by atoms with Crippen LogP contribution in [-0.2, 0) is 17.8 Å². The number of ether oxygens (including phenoxy) is 3. The van der Waals surface area contributed by atoms with Gasteiger partial charge in [0.1, 0.15) is 0 Å². The Labute approximate surface area is 128 Å². The summed E-state index contributed by atoms with van der Waals surface area (Å²) >= 11 is 1.92. The highest BCUT2D eigenvalue weighted by molar-refractivity contribution is 8.00. The molecular formula is C17H16O3S. The summed E-state index contributed by atoms with van der Waals surface area (Å²) in [6.07, 6.45) is 1.10. The number of hydrogen-bond donors (Lipinski definition) is 0. The van der Waals surface area contributed by atoms with Crippen LogP contribution in [-0.4, -0.2) is 18.6 Å². The fourth-order valence-electron chi connectivity index (χ4n) is 2.69. The van der Waals surface area contributed by atoms with E-state index in [1.54, 1.807) is 0 Å². The van der Waals surface area contributed by atoms with Gasteiger partial charge < -0.3 is 14.2 Å². The molecule has 2 heterocycles. The first-order chi connectivity index (χ1) is 10.4. The summed E-state index contributed by atoms with van der Waals surface area (Å²) in [5.74, 6) is 1.64. The first kappa shape index (κ1) is 13.0. The second kappa shape index (κ2) is 5.62. The lowest BCUT2D eigenvalue weighted by Crippen LogP contribution is -2.10. The number of fused-ring (bicyclic) bond motifs is 2. The Morgan fingerprint density at radius 2 is 2.00 bits per heavy atom. The summed E-state index contributed by atoms with van der Waals surface area (Å²) in [6, 6.07) is 14.6. The number of benzene rings is 2. The zero-order valence-corrected chi connectivity index (χ0v) is 12.4. The minimum Gasteiger partial charge on any atom is -0.454 e. The van der Waals surface area contributed by atoms with Crippen molar-refractivity contribution in [2.45, 2.75) is 23.2 Å². The van der Waals surface area contributed by atoms with Crippen molar-refractivity contribution in [3.63, 3.8) is 0 Å². The van der Waals surface area contributed by atoms with Gasteiger partial charge in [-0.1, -0.05) is 24.3 Å². The van der Waals surface area contributed by atoms with E-state index in [2.05, 4.69) is 24.3 Å². The van der Waals surface area contributed by atoms with Crippen LogP contribution in [0.3, 0.4) is 0 Å². The average Bonchev–Trinajstić information content (AvgIpc) is 3.12. The Kier molecular flexibility index (Phi) is 3.49. The van der Waals surface area contributed by atoms with Crippen molar-refractivity contribution in [1.29, 1.82) is 0 Å². The van der Waals surface area contributed by atoms with Crippen molar-refractivity contribution in [2.75, 3.05) is 13.4 Å². The van der Waals surface area contributed by atoms with Gasteiger partial charge in [-0.15, -0.1) is 11.8 Å². The van der Waals surface area contributed by atoms with E-state index in [1.807, 2.05) is 30.0 Å². The molecule has 2 aromatic carbocycles. The van der Waals surface area contributed by atoms with Gasteiger partial charge in [0.15, 0.2) is 11.5 Å². The van der Waals surface area contributed by atoms with Crippen LogP contribution in [0.4, 0.5) is 0 Å². The van der Waals surface area contributed by atoms with E-state index in [1.165, 1.54) is 10.5 Å². The van der Waals surface area contributed by atoms with Crippen LogP contribution < -0.4 is 9.47 Å². The Hall–Kier alpha value is -1.65. The maximum absolute atomic E-state index is 5.88. The molecule has 0 N–H and O–H groups in total. The molecule has 108 valence electrons. The van der Waals surface area contributed by atoms with E-state index < -0.39 is 0 Å². The first-order valence-electron chi connectivity index (χ1n) is 7.09. The topological polar surface area (TPSA) is 27.7 Å². The quantitative estimate of drug-likeness (QED) is 0.861. The van der Waals surface area contributed by atoms with Crippen LogP contribution in [0.5, 0.6) is 11.5 Å². The zero-order chi connectivity index (χ0) is 14.1. The second-order valence-electron chi connectivity index (χ2n) is 5.25. The molecule has 0 amide bonds. The normalized spacial score (nSPS) is 18.8. The highest BCUT2D eigenvalue weighted by Crippen LogP contribution is 2.37. The molecule has 0 bridgehead atoms. The molecule has 4 heteroatoms. The minimum atomic E-state index is 0.316. The summed E-state index contributed by atoms with van der Waals surface area (Å²) in [4.78, 5) is 1.40. The SMILES string of the molecule is c1ccc2c(c1)CC(COCc1ccc3c(c1)OCO3)S2. The predicted molar refractivity (Wildman–Crippen MR) is 82.0 cm³/mol. The lowest BCUT2D eigenvalue weighted by molar-refractivity contribution is 0.122. The molecule has 0 fully saturated rings. The predicted octanol–water partition coefficient (Wildman–Crippen LogP) is 3.65. The summed E-state index contributed by atoms with van der Waals surface area (Å²) in [5, 5.41) is 0.524. The van der Waals surface area contributed by atoms with Gasteiger partial charge in [0.25, 0.3) is 0 Å². The van der Waals surface area contributed by atoms with Gasteiger partial charge in [-0.05, 0) is 35.7 Å². The maximum Gasteiger partial charge on any atom is 0.231 e. The highest BCUT2D eigenvalue weighted by Gasteiger charge is 2.21. The van der Waals surface area contributed by atoms with Gasteiger partial charge in [-0.3, -0.25) is 0 Å². The van der Waals surface area contributed by atoms with Crippen LogP contribution >= 0.6 is 11.8 Å². The van der Waals surface area contributed by atoms with E-state index >= 15 is 0 Å². The van der Waals surface area contributed by atoms with Crippen LogP contribution in [0.1, 0.15) is 11.1 Å². The smallest absolute Gasteiger partial charge is 0.231 e. The minimum absolute atomic E-state index is 0.316. The van der Waals surface area contributed by atoms with E-state index in [0.29, 0.717) is 18.6 Å². The fraction of sp³-hybridized carbons (Fsp3) is 0.294. The Bertz CT molecular complexity index is 631. The van der Waals surface area contributed by atoms with Crippen molar-refractivity contribution >= 4 is 11.8 Å². The molecule has 3 nitrogen and oxygen atoms in total. The second-order valence-corrected chi connectivity index (χ2v) is 6.60. The van der Waals surface area contributed by atoms with E-state index in [-0.39, 0.29) is 0 Å². The van der Waals surface area contributed by atoms with E-state index in [9.17, 15) is 0 Å². The van der Waals surface area contributed by atoms with Crippen molar-refractivity contribution < 1.29 is 14.2 Å².